The van der Waals surface area contributed by atoms with Crippen LogP contribution in [-0.2, 0) is 0 Å². The van der Waals surface area contributed by atoms with Gasteiger partial charge in [-0.25, -0.2) is 4.79 Å². The molecule has 2 aromatic heterocycles. The van der Waals surface area contributed by atoms with Crippen molar-refractivity contribution in [2.45, 2.75) is 12.2 Å². The molecule has 1 saturated heterocycles. The summed E-state index contributed by atoms with van der Waals surface area (Å²) in [6, 6.07) is 5.03. The molecule has 21 heavy (non-hydrogen) atoms. The van der Waals surface area contributed by atoms with E-state index in [1.54, 1.807) is 18.3 Å². The lowest BCUT2D eigenvalue weighted by molar-refractivity contribution is 0.0572. The van der Waals surface area contributed by atoms with Gasteiger partial charge in [-0.15, -0.1) is 10.2 Å². The Labute approximate surface area is 124 Å². The Balaban J connectivity index is 1.66. The van der Waals surface area contributed by atoms with E-state index in [1.165, 1.54) is 16.2 Å². The first-order valence-corrected chi connectivity index (χ1v) is 7.12. The van der Waals surface area contributed by atoms with Gasteiger partial charge < -0.3 is 15.1 Å². The second-order valence-electron chi connectivity index (χ2n) is 4.60. The zero-order valence-electron chi connectivity index (χ0n) is 10.9. The van der Waals surface area contributed by atoms with Crippen LogP contribution in [0.4, 0.5) is 9.93 Å². The fourth-order valence-electron chi connectivity index (χ4n) is 1.97. The number of carbonyl (C=O) groups excluding carboxylic acids is 1. The summed E-state index contributed by atoms with van der Waals surface area (Å²) in [5, 5.41) is 30.3. The molecule has 0 radical (unpaired) electrons. The van der Waals surface area contributed by atoms with Crippen molar-refractivity contribution in [1.29, 1.82) is 0 Å². The SMILES string of the molecule is O=C(Nc1nnc(-c2ccccn2)s1)N1C[C@@H](O)[C@@H](O)C1. The lowest BCUT2D eigenvalue weighted by Crippen LogP contribution is -2.33. The van der Waals surface area contributed by atoms with E-state index in [9.17, 15) is 15.0 Å². The number of aromatic nitrogens is 3. The molecule has 0 spiro atoms. The molecule has 0 saturated carbocycles. The number of aliphatic hydroxyl groups is 2. The Bertz CT molecular complexity index is 625. The van der Waals surface area contributed by atoms with Crippen LogP contribution in [-0.4, -0.2) is 61.6 Å². The molecule has 1 aliphatic heterocycles. The van der Waals surface area contributed by atoms with Gasteiger partial charge in [-0.05, 0) is 12.1 Å². The van der Waals surface area contributed by atoms with Crippen molar-refractivity contribution < 1.29 is 15.0 Å². The molecule has 1 aliphatic rings. The molecule has 2 amide bonds. The predicted molar refractivity (Wildman–Crippen MR) is 75.7 cm³/mol. The van der Waals surface area contributed by atoms with Gasteiger partial charge >= 0.3 is 6.03 Å². The summed E-state index contributed by atoms with van der Waals surface area (Å²) in [5.74, 6) is 0. The molecule has 110 valence electrons. The summed E-state index contributed by atoms with van der Waals surface area (Å²) in [6.07, 6.45) is -0.161. The number of anilines is 1. The third-order valence-electron chi connectivity index (χ3n) is 3.07. The van der Waals surface area contributed by atoms with E-state index in [1.807, 2.05) is 6.07 Å². The van der Waals surface area contributed by atoms with Crippen molar-refractivity contribution in [3.8, 4) is 10.7 Å². The van der Waals surface area contributed by atoms with Gasteiger partial charge in [0.25, 0.3) is 0 Å². The number of amides is 2. The Kier molecular flexibility index (Phi) is 3.78. The third-order valence-corrected chi connectivity index (χ3v) is 3.93. The van der Waals surface area contributed by atoms with Gasteiger partial charge in [-0.1, -0.05) is 17.4 Å². The largest absolute Gasteiger partial charge is 0.388 e. The van der Waals surface area contributed by atoms with Crippen LogP contribution < -0.4 is 5.32 Å². The highest BCUT2D eigenvalue weighted by Crippen LogP contribution is 2.24. The van der Waals surface area contributed by atoms with E-state index in [4.69, 9.17) is 0 Å². The molecule has 3 heterocycles. The summed E-state index contributed by atoms with van der Waals surface area (Å²) < 4.78 is 0. The maximum atomic E-state index is 12.0. The standard InChI is InChI=1S/C12H13N5O3S/c18-8-5-17(6-9(8)19)12(20)14-11-16-15-10(21-11)7-3-1-2-4-13-7/h1-4,8-9,18-19H,5-6H2,(H,14,16,20)/t8-,9+. The van der Waals surface area contributed by atoms with Gasteiger partial charge in [-0.2, -0.15) is 0 Å². The van der Waals surface area contributed by atoms with Gasteiger partial charge in [0.2, 0.25) is 5.13 Å². The predicted octanol–water partition coefficient (Wildman–Crippen LogP) is 0.169. The molecular weight excluding hydrogens is 294 g/mol. The first kappa shape index (κ1) is 13.9. The number of hydrogen-bond donors (Lipinski definition) is 3. The second kappa shape index (κ2) is 5.72. The molecule has 3 rings (SSSR count). The highest BCUT2D eigenvalue weighted by molar-refractivity contribution is 7.18. The molecule has 1 fully saturated rings. The smallest absolute Gasteiger partial charge is 0.323 e. The molecule has 0 unspecified atom stereocenters. The van der Waals surface area contributed by atoms with Crippen LogP contribution in [0.1, 0.15) is 0 Å². The van der Waals surface area contributed by atoms with Gasteiger partial charge in [0.1, 0.15) is 5.69 Å². The molecule has 0 aliphatic carbocycles. The highest BCUT2D eigenvalue weighted by atomic mass is 32.1. The average molecular weight is 307 g/mol. The highest BCUT2D eigenvalue weighted by Gasteiger charge is 2.32. The van der Waals surface area contributed by atoms with Crippen molar-refractivity contribution in [2.75, 3.05) is 18.4 Å². The summed E-state index contributed by atoms with van der Waals surface area (Å²) in [7, 11) is 0. The molecule has 2 aromatic rings. The Morgan fingerprint density at radius 3 is 2.71 bits per heavy atom. The van der Waals surface area contributed by atoms with Crippen LogP contribution in [0.2, 0.25) is 0 Å². The van der Waals surface area contributed by atoms with Crippen LogP contribution in [0.15, 0.2) is 24.4 Å². The third kappa shape index (κ3) is 2.99. The number of β-amino-alcohol motifs (C(OH)–C–C–N with tert-alkyl or cyclic N) is 2. The first-order valence-electron chi connectivity index (χ1n) is 6.30. The fraction of sp³-hybridized carbons (Fsp3) is 0.333. The summed E-state index contributed by atoms with van der Waals surface area (Å²) in [5.41, 5.74) is 0.683. The number of urea groups is 1. The van der Waals surface area contributed by atoms with E-state index in [2.05, 4.69) is 20.5 Å². The number of pyridine rings is 1. The Morgan fingerprint density at radius 1 is 1.29 bits per heavy atom. The topological polar surface area (TPSA) is 111 Å². The minimum absolute atomic E-state index is 0.0961. The zero-order valence-corrected chi connectivity index (χ0v) is 11.7. The molecule has 0 aromatic carbocycles. The monoisotopic (exact) mass is 307 g/mol. The maximum absolute atomic E-state index is 12.0. The van der Waals surface area contributed by atoms with Crippen LogP contribution in [0.3, 0.4) is 0 Å². The Hall–Kier alpha value is -2.10. The minimum atomic E-state index is -0.908. The van der Waals surface area contributed by atoms with Crippen molar-refractivity contribution >= 4 is 22.5 Å². The van der Waals surface area contributed by atoms with Gasteiger partial charge in [0.15, 0.2) is 5.01 Å². The minimum Gasteiger partial charge on any atom is -0.388 e. The zero-order chi connectivity index (χ0) is 14.8. The van der Waals surface area contributed by atoms with E-state index < -0.39 is 18.2 Å². The normalized spacial score (nSPS) is 21.5. The molecule has 3 N–H and O–H groups in total. The van der Waals surface area contributed by atoms with Crippen LogP contribution in [0.25, 0.3) is 10.7 Å². The molecule has 0 bridgehead atoms. The molecule has 8 nitrogen and oxygen atoms in total. The van der Waals surface area contributed by atoms with E-state index in [0.717, 1.165) is 0 Å². The number of nitrogens with one attached hydrogen (secondary N) is 1. The fourth-order valence-corrected chi connectivity index (χ4v) is 2.68. The van der Waals surface area contributed by atoms with Crippen LogP contribution in [0, 0.1) is 0 Å². The molecule has 9 heteroatoms. The van der Waals surface area contributed by atoms with Crippen molar-refractivity contribution in [2.24, 2.45) is 0 Å². The van der Waals surface area contributed by atoms with Gasteiger partial charge in [-0.3, -0.25) is 10.3 Å². The lowest BCUT2D eigenvalue weighted by Gasteiger charge is -2.14. The first-order chi connectivity index (χ1) is 10.1. The van der Waals surface area contributed by atoms with Crippen LogP contribution >= 0.6 is 11.3 Å². The van der Waals surface area contributed by atoms with Crippen molar-refractivity contribution in [3.63, 3.8) is 0 Å². The quantitative estimate of drug-likeness (QED) is 0.729. The number of nitrogens with zero attached hydrogens (tertiary/aromatic N) is 4. The van der Waals surface area contributed by atoms with E-state index in [0.29, 0.717) is 15.8 Å². The second-order valence-corrected chi connectivity index (χ2v) is 5.57. The number of rotatable bonds is 2. The molecule has 2 atom stereocenters. The number of aliphatic hydroxyl groups excluding tert-OH is 2. The van der Waals surface area contributed by atoms with Gasteiger partial charge in [0, 0.05) is 6.20 Å². The number of likely N-dealkylation sites (tertiary alicyclic amines) is 1. The van der Waals surface area contributed by atoms with Gasteiger partial charge in [0.05, 0.1) is 25.3 Å². The average Bonchev–Trinajstić information content (AvgIpc) is 3.08. The summed E-state index contributed by atoms with van der Waals surface area (Å²) in [6.45, 7) is 0.192. The van der Waals surface area contributed by atoms with E-state index in [-0.39, 0.29) is 13.1 Å². The number of carbonyl (C=O) groups is 1. The van der Waals surface area contributed by atoms with Crippen molar-refractivity contribution in [3.05, 3.63) is 24.4 Å². The van der Waals surface area contributed by atoms with E-state index >= 15 is 0 Å². The molecular formula is C12H13N5O3S. The summed E-state index contributed by atoms with van der Waals surface area (Å²) in [4.78, 5) is 17.5. The number of hydrogen-bond acceptors (Lipinski definition) is 7. The maximum Gasteiger partial charge on any atom is 0.323 e. The Morgan fingerprint density at radius 2 is 2.05 bits per heavy atom. The summed E-state index contributed by atoms with van der Waals surface area (Å²) >= 11 is 1.21. The van der Waals surface area contributed by atoms with Crippen LogP contribution in [0.5, 0.6) is 0 Å². The van der Waals surface area contributed by atoms with Crippen molar-refractivity contribution in [1.82, 2.24) is 20.1 Å². The lowest BCUT2D eigenvalue weighted by atomic mass is 10.3.